The van der Waals surface area contributed by atoms with Gasteiger partial charge in [-0.3, -0.25) is 4.79 Å². The fourth-order valence-electron chi connectivity index (χ4n) is 2.70. The number of carboxylic acid groups (broad SMARTS) is 2. The van der Waals surface area contributed by atoms with Crippen LogP contribution in [0.1, 0.15) is 5.56 Å². The number of hydrogen-bond acceptors (Lipinski definition) is 3. The predicted molar refractivity (Wildman–Crippen MR) is 88.2 cm³/mol. The van der Waals surface area contributed by atoms with Gasteiger partial charge < -0.3 is 19.9 Å². The van der Waals surface area contributed by atoms with Gasteiger partial charge in [0.05, 0.1) is 12.1 Å². The van der Waals surface area contributed by atoms with Crippen LogP contribution in [0.2, 0.25) is 0 Å². The van der Waals surface area contributed by atoms with E-state index in [2.05, 4.69) is 4.98 Å². The molecule has 0 bridgehead atoms. The molecule has 3 N–H and O–H groups in total. The third-order valence-corrected chi connectivity index (χ3v) is 3.65. The van der Waals surface area contributed by atoms with E-state index in [-0.39, 0.29) is 6.42 Å². The van der Waals surface area contributed by atoms with Crippen molar-refractivity contribution >= 4 is 22.8 Å². The van der Waals surface area contributed by atoms with Crippen molar-refractivity contribution in [3.63, 3.8) is 0 Å². The molecule has 0 fully saturated rings. The highest BCUT2D eigenvalue weighted by molar-refractivity contribution is 5.94. The summed E-state index contributed by atoms with van der Waals surface area (Å²) in [6.45, 7) is -0.467. The summed E-state index contributed by atoms with van der Waals surface area (Å²) in [7, 11) is 0. The highest BCUT2D eigenvalue weighted by Gasteiger charge is 2.18. The molecule has 0 atom stereocenters. The molecule has 1 heterocycles. The Morgan fingerprint density at radius 3 is 2.42 bits per heavy atom. The molecule has 0 saturated heterocycles. The topological polar surface area (TPSA) is 99.6 Å². The highest BCUT2D eigenvalue weighted by Crippen LogP contribution is 2.36. The number of aliphatic carboxylic acids is 2. The first kappa shape index (κ1) is 15.6. The lowest BCUT2D eigenvalue weighted by Crippen LogP contribution is -2.10. The molecular weight excluding hydrogens is 310 g/mol. The molecule has 0 aliphatic rings. The van der Waals surface area contributed by atoms with E-state index in [0.717, 1.165) is 10.9 Å². The number of rotatable bonds is 6. The minimum Gasteiger partial charge on any atom is -0.481 e. The first-order valence-corrected chi connectivity index (χ1v) is 7.31. The van der Waals surface area contributed by atoms with E-state index in [4.69, 9.17) is 9.84 Å². The minimum absolute atomic E-state index is 0.146. The molecule has 0 saturated carbocycles. The summed E-state index contributed by atoms with van der Waals surface area (Å²) in [4.78, 5) is 25.3. The number of ether oxygens (including phenoxy) is 1. The first-order chi connectivity index (χ1) is 11.6. The molecule has 122 valence electrons. The fraction of sp³-hybridized carbons (Fsp3) is 0.111. The van der Waals surface area contributed by atoms with Crippen molar-refractivity contribution < 1.29 is 24.5 Å². The number of hydrogen-bond donors (Lipinski definition) is 3. The Morgan fingerprint density at radius 1 is 0.958 bits per heavy atom. The van der Waals surface area contributed by atoms with Crippen LogP contribution in [0, 0.1) is 0 Å². The van der Waals surface area contributed by atoms with Gasteiger partial charge >= 0.3 is 11.9 Å². The Bertz CT molecular complexity index is 913. The zero-order valence-electron chi connectivity index (χ0n) is 12.7. The summed E-state index contributed by atoms with van der Waals surface area (Å²) in [5.74, 6) is -1.63. The zero-order valence-corrected chi connectivity index (χ0v) is 12.7. The molecule has 3 aromatic rings. The van der Waals surface area contributed by atoms with E-state index in [1.54, 1.807) is 24.3 Å². The van der Waals surface area contributed by atoms with Gasteiger partial charge in [-0.25, -0.2) is 4.79 Å². The second-order valence-corrected chi connectivity index (χ2v) is 5.27. The van der Waals surface area contributed by atoms with Gasteiger partial charge in [0.1, 0.15) is 5.75 Å². The SMILES string of the molecule is O=C(O)COc1ccccc1-c1[nH]c2ccccc2c1CC(=O)O. The van der Waals surface area contributed by atoms with Gasteiger partial charge in [-0.05, 0) is 23.8 Å². The third kappa shape index (κ3) is 3.08. The van der Waals surface area contributed by atoms with Crippen molar-refractivity contribution in [3.8, 4) is 17.0 Å². The highest BCUT2D eigenvalue weighted by atomic mass is 16.5. The number of aromatic amines is 1. The summed E-state index contributed by atoms with van der Waals surface area (Å²) >= 11 is 0. The van der Waals surface area contributed by atoms with Gasteiger partial charge in [0.25, 0.3) is 0 Å². The van der Waals surface area contributed by atoms with Gasteiger partial charge in [-0.2, -0.15) is 0 Å². The first-order valence-electron chi connectivity index (χ1n) is 7.31. The lowest BCUT2D eigenvalue weighted by molar-refractivity contribution is -0.139. The average Bonchev–Trinajstić information content (AvgIpc) is 2.91. The summed E-state index contributed by atoms with van der Waals surface area (Å²) < 4.78 is 5.34. The summed E-state index contributed by atoms with van der Waals surface area (Å²) in [5.41, 5.74) is 2.71. The molecule has 24 heavy (non-hydrogen) atoms. The van der Waals surface area contributed by atoms with Gasteiger partial charge in [-0.1, -0.05) is 30.3 Å². The maximum atomic E-state index is 11.3. The van der Waals surface area contributed by atoms with Crippen molar-refractivity contribution in [2.75, 3.05) is 6.61 Å². The number of carbonyl (C=O) groups is 2. The minimum atomic E-state index is -1.08. The van der Waals surface area contributed by atoms with Gasteiger partial charge in [0.15, 0.2) is 6.61 Å². The van der Waals surface area contributed by atoms with Gasteiger partial charge in [0.2, 0.25) is 0 Å². The molecule has 0 aliphatic carbocycles. The van der Waals surface area contributed by atoms with Crippen LogP contribution in [0.3, 0.4) is 0 Å². The Kier molecular flexibility index (Phi) is 4.20. The van der Waals surface area contributed by atoms with Crippen molar-refractivity contribution in [2.45, 2.75) is 6.42 Å². The third-order valence-electron chi connectivity index (χ3n) is 3.65. The van der Waals surface area contributed by atoms with Crippen LogP contribution in [-0.2, 0) is 16.0 Å². The summed E-state index contributed by atoms with van der Waals surface area (Å²) in [5, 5.41) is 18.9. The van der Waals surface area contributed by atoms with Crippen molar-refractivity contribution in [3.05, 3.63) is 54.1 Å². The van der Waals surface area contributed by atoms with E-state index < -0.39 is 18.5 Å². The van der Waals surface area contributed by atoms with E-state index in [1.165, 1.54) is 0 Å². The quantitative estimate of drug-likeness (QED) is 0.647. The molecule has 0 aliphatic heterocycles. The van der Waals surface area contributed by atoms with Gasteiger partial charge in [0, 0.05) is 16.5 Å². The van der Waals surface area contributed by atoms with E-state index >= 15 is 0 Å². The Morgan fingerprint density at radius 2 is 1.67 bits per heavy atom. The normalized spacial score (nSPS) is 10.7. The Balaban J connectivity index is 2.15. The van der Waals surface area contributed by atoms with Crippen molar-refractivity contribution in [2.24, 2.45) is 0 Å². The second kappa shape index (κ2) is 6.45. The molecule has 0 radical (unpaired) electrons. The lowest BCUT2D eigenvalue weighted by atomic mass is 10.0. The smallest absolute Gasteiger partial charge is 0.341 e. The standard InChI is InChI=1S/C18H15NO5/c20-16(21)9-13-11-5-1-3-7-14(11)19-18(13)12-6-2-4-8-15(12)24-10-17(22)23/h1-8,19H,9-10H2,(H,20,21)(H,22,23). The zero-order chi connectivity index (χ0) is 17.1. The number of nitrogens with one attached hydrogen (secondary N) is 1. The molecule has 0 unspecified atom stereocenters. The maximum Gasteiger partial charge on any atom is 0.341 e. The van der Waals surface area contributed by atoms with Crippen LogP contribution in [0.4, 0.5) is 0 Å². The van der Waals surface area contributed by atoms with Crippen molar-refractivity contribution in [1.82, 2.24) is 4.98 Å². The van der Waals surface area contributed by atoms with Crippen LogP contribution in [0.15, 0.2) is 48.5 Å². The van der Waals surface area contributed by atoms with Crippen LogP contribution >= 0.6 is 0 Å². The number of carboxylic acids is 2. The number of benzene rings is 2. The van der Waals surface area contributed by atoms with Gasteiger partial charge in [-0.15, -0.1) is 0 Å². The number of aromatic nitrogens is 1. The average molecular weight is 325 g/mol. The molecule has 6 heteroatoms. The van der Waals surface area contributed by atoms with E-state index in [1.807, 2.05) is 24.3 Å². The molecule has 6 nitrogen and oxygen atoms in total. The van der Waals surface area contributed by atoms with Crippen LogP contribution in [0.25, 0.3) is 22.2 Å². The fourth-order valence-corrected chi connectivity index (χ4v) is 2.70. The molecule has 2 aromatic carbocycles. The largest absolute Gasteiger partial charge is 0.481 e. The predicted octanol–water partition coefficient (Wildman–Crippen LogP) is 2.93. The molecule has 0 spiro atoms. The molecule has 0 amide bonds. The summed E-state index contributed by atoms with van der Waals surface area (Å²) in [6, 6.07) is 14.4. The lowest BCUT2D eigenvalue weighted by Gasteiger charge is -2.10. The summed E-state index contributed by atoms with van der Waals surface area (Å²) in [6.07, 6.45) is -0.146. The van der Waals surface area contributed by atoms with Crippen LogP contribution < -0.4 is 4.74 Å². The second-order valence-electron chi connectivity index (χ2n) is 5.27. The van der Waals surface area contributed by atoms with Crippen molar-refractivity contribution in [1.29, 1.82) is 0 Å². The van der Waals surface area contributed by atoms with Crippen LogP contribution in [0.5, 0.6) is 5.75 Å². The van der Waals surface area contributed by atoms with E-state index in [0.29, 0.717) is 22.6 Å². The number of fused-ring (bicyclic) bond motifs is 1. The Labute approximate surface area is 137 Å². The molecular formula is C18H15NO5. The molecule has 3 rings (SSSR count). The van der Waals surface area contributed by atoms with Crippen LogP contribution in [-0.4, -0.2) is 33.7 Å². The maximum absolute atomic E-state index is 11.3. The monoisotopic (exact) mass is 325 g/mol. The number of H-pyrrole nitrogens is 1. The number of para-hydroxylation sites is 2. The Hall–Kier alpha value is -3.28. The molecule has 1 aromatic heterocycles. The van der Waals surface area contributed by atoms with E-state index in [9.17, 15) is 14.7 Å².